The smallest absolute Gasteiger partial charge is 0.223 e. The Kier molecular flexibility index (Phi) is 3.72. The van der Waals surface area contributed by atoms with E-state index in [2.05, 4.69) is 21.9 Å². The number of hydrogen-bond donors (Lipinski definition) is 1. The lowest BCUT2D eigenvalue weighted by molar-refractivity contribution is 0.416. The molecule has 0 saturated heterocycles. The van der Waals surface area contributed by atoms with Gasteiger partial charge in [-0.3, -0.25) is 0 Å². The van der Waals surface area contributed by atoms with Crippen molar-refractivity contribution in [1.29, 1.82) is 0 Å². The van der Waals surface area contributed by atoms with Gasteiger partial charge in [0.2, 0.25) is 5.95 Å². The molecule has 0 fully saturated rings. The van der Waals surface area contributed by atoms with Crippen LogP contribution >= 0.6 is 0 Å². The van der Waals surface area contributed by atoms with Crippen molar-refractivity contribution in [3.05, 3.63) is 30.1 Å². The molecule has 5 nitrogen and oxygen atoms in total. The highest BCUT2D eigenvalue weighted by Crippen LogP contribution is 2.26. The number of methoxy groups -OCH3 is 1. The molecular weight excluding hydrogens is 228 g/mol. The lowest BCUT2D eigenvalue weighted by Gasteiger charge is -2.08. The number of aromatic nitrogens is 3. The molecule has 94 valence electrons. The number of nitrogens with zero attached hydrogens (tertiary/aromatic N) is 3. The van der Waals surface area contributed by atoms with Crippen molar-refractivity contribution < 1.29 is 4.74 Å². The summed E-state index contributed by atoms with van der Waals surface area (Å²) in [4.78, 5) is 12.7. The van der Waals surface area contributed by atoms with Gasteiger partial charge in [0.05, 0.1) is 12.7 Å². The molecule has 1 heterocycles. The number of benzene rings is 1. The zero-order chi connectivity index (χ0) is 13.0. The van der Waals surface area contributed by atoms with Crippen LogP contribution in [-0.2, 0) is 6.42 Å². The second kappa shape index (κ2) is 5.44. The highest BCUT2D eigenvalue weighted by molar-refractivity contribution is 5.64. The predicted octanol–water partition coefficient (Wildman–Crippen LogP) is 2.08. The number of nitrogens with two attached hydrogens (primary N) is 1. The fourth-order valence-electron chi connectivity index (χ4n) is 1.72. The van der Waals surface area contributed by atoms with Crippen LogP contribution in [0.3, 0.4) is 0 Å². The van der Waals surface area contributed by atoms with Gasteiger partial charge < -0.3 is 10.5 Å². The maximum atomic E-state index is 5.72. The molecule has 0 aliphatic heterocycles. The van der Waals surface area contributed by atoms with E-state index in [1.807, 2.05) is 24.3 Å². The molecule has 0 radical (unpaired) electrons. The van der Waals surface area contributed by atoms with Crippen LogP contribution in [0.2, 0.25) is 0 Å². The third-order valence-electron chi connectivity index (χ3n) is 2.52. The SMILES string of the molecule is CCCc1nc(N)nc(-c2ccccc2OC)n1. The summed E-state index contributed by atoms with van der Waals surface area (Å²) in [5.41, 5.74) is 6.54. The molecule has 2 N–H and O–H groups in total. The van der Waals surface area contributed by atoms with Crippen LogP contribution in [0, 0.1) is 0 Å². The maximum absolute atomic E-state index is 5.72. The van der Waals surface area contributed by atoms with Crippen molar-refractivity contribution in [3.63, 3.8) is 0 Å². The largest absolute Gasteiger partial charge is 0.496 e. The van der Waals surface area contributed by atoms with Crippen molar-refractivity contribution in [2.45, 2.75) is 19.8 Å². The van der Waals surface area contributed by atoms with Gasteiger partial charge in [0.25, 0.3) is 0 Å². The van der Waals surface area contributed by atoms with E-state index in [4.69, 9.17) is 10.5 Å². The molecule has 0 saturated carbocycles. The lowest BCUT2D eigenvalue weighted by atomic mass is 10.2. The first-order valence-corrected chi connectivity index (χ1v) is 5.88. The first-order valence-electron chi connectivity index (χ1n) is 5.88. The summed E-state index contributed by atoms with van der Waals surface area (Å²) in [5.74, 6) is 2.24. The average molecular weight is 244 g/mol. The fraction of sp³-hybridized carbons (Fsp3) is 0.308. The van der Waals surface area contributed by atoms with Gasteiger partial charge in [-0.1, -0.05) is 19.1 Å². The Morgan fingerprint density at radius 2 is 1.94 bits per heavy atom. The first kappa shape index (κ1) is 12.3. The number of rotatable bonds is 4. The zero-order valence-corrected chi connectivity index (χ0v) is 10.6. The number of nitrogen functional groups attached to an aromatic ring is 1. The summed E-state index contributed by atoms with van der Waals surface area (Å²) in [6.45, 7) is 2.07. The van der Waals surface area contributed by atoms with Crippen molar-refractivity contribution in [3.8, 4) is 17.1 Å². The van der Waals surface area contributed by atoms with Gasteiger partial charge >= 0.3 is 0 Å². The summed E-state index contributed by atoms with van der Waals surface area (Å²) < 4.78 is 5.30. The molecule has 0 atom stereocenters. The van der Waals surface area contributed by atoms with Crippen LogP contribution in [-0.4, -0.2) is 22.1 Å². The van der Waals surface area contributed by atoms with Crippen LogP contribution in [0.25, 0.3) is 11.4 Å². The topological polar surface area (TPSA) is 73.9 Å². The monoisotopic (exact) mass is 244 g/mol. The molecule has 2 rings (SSSR count). The van der Waals surface area contributed by atoms with E-state index in [1.165, 1.54) is 0 Å². The molecule has 2 aromatic rings. The van der Waals surface area contributed by atoms with Crippen molar-refractivity contribution in [1.82, 2.24) is 15.0 Å². The third-order valence-corrected chi connectivity index (χ3v) is 2.52. The van der Waals surface area contributed by atoms with Crippen molar-refractivity contribution in [2.24, 2.45) is 0 Å². The van der Waals surface area contributed by atoms with Gasteiger partial charge in [0.15, 0.2) is 5.82 Å². The lowest BCUT2D eigenvalue weighted by Crippen LogP contribution is -2.05. The molecule has 0 aliphatic rings. The Morgan fingerprint density at radius 3 is 2.67 bits per heavy atom. The summed E-state index contributed by atoms with van der Waals surface area (Å²) in [6, 6.07) is 7.59. The van der Waals surface area contributed by atoms with Crippen LogP contribution in [0.15, 0.2) is 24.3 Å². The Balaban J connectivity index is 2.49. The second-order valence-corrected chi connectivity index (χ2v) is 3.88. The van der Waals surface area contributed by atoms with Gasteiger partial charge in [-0.2, -0.15) is 9.97 Å². The van der Waals surface area contributed by atoms with Crippen LogP contribution < -0.4 is 10.5 Å². The summed E-state index contributed by atoms with van der Waals surface area (Å²) in [7, 11) is 1.62. The standard InChI is InChI=1S/C13H16N4O/c1-3-6-11-15-12(17-13(14)16-11)9-7-4-5-8-10(9)18-2/h4-5,7-8H,3,6H2,1-2H3,(H2,14,15,16,17). The minimum Gasteiger partial charge on any atom is -0.496 e. The van der Waals surface area contributed by atoms with Crippen LogP contribution in [0.5, 0.6) is 5.75 Å². The number of aryl methyl sites for hydroxylation is 1. The molecule has 5 heteroatoms. The number of para-hydroxylation sites is 1. The van der Waals surface area contributed by atoms with E-state index < -0.39 is 0 Å². The minimum absolute atomic E-state index is 0.245. The molecule has 1 aromatic heterocycles. The van der Waals surface area contributed by atoms with Gasteiger partial charge in [-0.15, -0.1) is 0 Å². The van der Waals surface area contributed by atoms with Gasteiger partial charge in [0, 0.05) is 6.42 Å². The predicted molar refractivity (Wildman–Crippen MR) is 70.2 cm³/mol. The summed E-state index contributed by atoms with van der Waals surface area (Å²) >= 11 is 0. The Labute approximate surface area is 106 Å². The molecule has 0 bridgehead atoms. The normalized spacial score (nSPS) is 10.3. The van der Waals surface area contributed by atoms with E-state index in [0.29, 0.717) is 11.6 Å². The van der Waals surface area contributed by atoms with Gasteiger partial charge in [-0.25, -0.2) is 4.98 Å². The number of anilines is 1. The van der Waals surface area contributed by atoms with E-state index in [0.717, 1.165) is 24.2 Å². The summed E-state index contributed by atoms with van der Waals surface area (Å²) in [6.07, 6.45) is 1.75. The van der Waals surface area contributed by atoms with E-state index in [9.17, 15) is 0 Å². The molecule has 0 amide bonds. The third kappa shape index (κ3) is 2.56. The minimum atomic E-state index is 0.245. The Bertz CT molecular complexity index is 542. The quantitative estimate of drug-likeness (QED) is 0.891. The van der Waals surface area contributed by atoms with Gasteiger partial charge in [0.1, 0.15) is 11.6 Å². The van der Waals surface area contributed by atoms with E-state index >= 15 is 0 Å². The molecule has 0 spiro atoms. The zero-order valence-electron chi connectivity index (χ0n) is 10.6. The average Bonchev–Trinajstić information content (AvgIpc) is 2.38. The highest BCUT2D eigenvalue weighted by atomic mass is 16.5. The fourth-order valence-corrected chi connectivity index (χ4v) is 1.72. The van der Waals surface area contributed by atoms with Crippen LogP contribution in [0.1, 0.15) is 19.2 Å². The Hall–Kier alpha value is -2.17. The molecule has 18 heavy (non-hydrogen) atoms. The summed E-state index contributed by atoms with van der Waals surface area (Å²) in [5, 5.41) is 0. The number of hydrogen-bond acceptors (Lipinski definition) is 5. The highest BCUT2D eigenvalue weighted by Gasteiger charge is 2.10. The molecule has 0 unspecified atom stereocenters. The van der Waals surface area contributed by atoms with E-state index in [-0.39, 0.29) is 5.95 Å². The molecular formula is C13H16N4O. The first-order chi connectivity index (χ1) is 8.74. The van der Waals surface area contributed by atoms with Crippen molar-refractivity contribution >= 4 is 5.95 Å². The van der Waals surface area contributed by atoms with Crippen LogP contribution in [0.4, 0.5) is 5.95 Å². The molecule has 1 aromatic carbocycles. The molecule has 0 aliphatic carbocycles. The van der Waals surface area contributed by atoms with E-state index in [1.54, 1.807) is 7.11 Å². The second-order valence-electron chi connectivity index (χ2n) is 3.88. The van der Waals surface area contributed by atoms with Crippen molar-refractivity contribution in [2.75, 3.05) is 12.8 Å². The number of ether oxygens (including phenoxy) is 1. The van der Waals surface area contributed by atoms with Gasteiger partial charge in [-0.05, 0) is 18.6 Å². The maximum Gasteiger partial charge on any atom is 0.223 e. The Morgan fingerprint density at radius 1 is 1.17 bits per heavy atom.